The number of nitrogens with zero attached hydrogens (tertiary/aromatic N) is 1. The van der Waals surface area contributed by atoms with E-state index in [1.807, 2.05) is 60.7 Å². The first-order valence-electron chi connectivity index (χ1n) is 8.89. The maximum Gasteiger partial charge on any atom is 0.524 e. The zero-order valence-corrected chi connectivity index (χ0v) is 16.7. The number of aliphatic imine (C=N–C) groups is 1. The van der Waals surface area contributed by atoms with Gasteiger partial charge in [-0.1, -0.05) is 72.8 Å². The van der Waals surface area contributed by atoms with Crippen LogP contribution >= 0.6 is 7.82 Å². The highest BCUT2D eigenvalue weighted by Gasteiger charge is 2.40. The molecule has 0 unspecified atom stereocenters. The summed E-state index contributed by atoms with van der Waals surface area (Å²) in [5, 5.41) is 7.63. The molecule has 3 aromatic carbocycles. The molecule has 7 N–H and O–H groups in total. The lowest BCUT2D eigenvalue weighted by atomic mass is 9.68. The van der Waals surface area contributed by atoms with Crippen molar-refractivity contribution < 1.29 is 18.9 Å². The molecule has 154 valence electrons. The Balaban J connectivity index is 2.31. The average Bonchev–Trinajstić information content (AvgIpc) is 2.70. The smallest absolute Gasteiger partial charge is 0.404 e. The number of guanidine groups is 1. The molecular weight excluding hydrogens is 403 g/mol. The Hall–Kier alpha value is -3.45. The standard InChI is InChI=1S/C21H21N4O4P/c22-19(25-20(23)24)21(15-7-3-1-4-8-15,16-9-5-2-6-10-16)17-11-13-18(14-12-17)29-30(26,27)28/h1-14H,(H2,26,27,28)(H5,22,23,24,25). The fraction of sp³-hybridized carbons (Fsp3) is 0.0476. The van der Waals surface area contributed by atoms with Gasteiger partial charge in [0.1, 0.15) is 17.0 Å². The van der Waals surface area contributed by atoms with Crippen molar-refractivity contribution in [2.24, 2.45) is 16.5 Å². The highest BCUT2D eigenvalue weighted by Crippen LogP contribution is 2.42. The molecule has 3 aromatic rings. The van der Waals surface area contributed by atoms with Gasteiger partial charge < -0.3 is 16.0 Å². The van der Waals surface area contributed by atoms with Crippen molar-refractivity contribution in [3.8, 4) is 5.75 Å². The van der Waals surface area contributed by atoms with Gasteiger partial charge in [-0.15, -0.1) is 0 Å². The summed E-state index contributed by atoms with van der Waals surface area (Å²) in [7, 11) is -4.69. The molecule has 0 saturated carbocycles. The van der Waals surface area contributed by atoms with Gasteiger partial charge >= 0.3 is 7.82 Å². The van der Waals surface area contributed by atoms with Crippen molar-refractivity contribution in [3.63, 3.8) is 0 Å². The van der Waals surface area contributed by atoms with Gasteiger partial charge in [0.15, 0.2) is 0 Å². The summed E-state index contributed by atoms with van der Waals surface area (Å²) in [5.41, 5.74) is 13.1. The number of phosphoric acid groups is 1. The molecule has 30 heavy (non-hydrogen) atoms. The third kappa shape index (κ3) is 4.41. The lowest BCUT2D eigenvalue weighted by Gasteiger charge is -2.35. The van der Waals surface area contributed by atoms with Crippen molar-refractivity contribution in [1.82, 2.24) is 0 Å². The molecule has 0 aliphatic rings. The highest BCUT2D eigenvalue weighted by molar-refractivity contribution is 7.46. The molecule has 0 aliphatic heterocycles. The molecule has 0 fully saturated rings. The van der Waals surface area contributed by atoms with Crippen molar-refractivity contribution in [1.29, 1.82) is 5.41 Å². The first kappa shape index (κ1) is 21.3. The first-order chi connectivity index (χ1) is 14.2. The molecule has 0 aromatic heterocycles. The van der Waals surface area contributed by atoms with E-state index in [1.165, 1.54) is 12.1 Å². The van der Waals surface area contributed by atoms with Gasteiger partial charge in [-0.3, -0.25) is 15.2 Å². The van der Waals surface area contributed by atoms with Crippen LogP contribution in [0.5, 0.6) is 5.75 Å². The molecule has 0 aliphatic carbocycles. The molecular formula is C21H21N4O4P. The number of amidine groups is 1. The SMILES string of the molecule is N=C(N)N=C(N)C(c1ccccc1)(c1ccccc1)c1ccc(OP(=O)(O)O)cc1. The molecule has 0 bridgehead atoms. The summed E-state index contributed by atoms with van der Waals surface area (Å²) in [6.45, 7) is 0. The fourth-order valence-electron chi connectivity index (χ4n) is 3.44. The number of rotatable bonds is 6. The Morgan fingerprint density at radius 1 is 0.833 bits per heavy atom. The third-order valence-corrected chi connectivity index (χ3v) is 5.00. The number of nitrogens with one attached hydrogen (secondary N) is 1. The predicted octanol–water partition coefficient (Wildman–Crippen LogP) is 2.74. The van der Waals surface area contributed by atoms with E-state index in [0.29, 0.717) is 5.56 Å². The van der Waals surface area contributed by atoms with E-state index in [2.05, 4.69) is 9.52 Å². The summed E-state index contributed by atoms with van der Waals surface area (Å²) < 4.78 is 15.8. The van der Waals surface area contributed by atoms with Crippen LogP contribution in [-0.4, -0.2) is 21.6 Å². The van der Waals surface area contributed by atoms with E-state index in [4.69, 9.17) is 26.7 Å². The number of hydrogen-bond donors (Lipinski definition) is 5. The van der Waals surface area contributed by atoms with Crippen LogP contribution in [-0.2, 0) is 9.98 Å². The van der Waals surface area contributed by atoms with Crippen LogP contribution in [0.4, 0.5) is 0 Å². The number of nitrogens with two attached hydrogens (primary N) is 2. The first-order valence-corrected chi connectivity index (χ1v) is 10.4. The second kappa shape index (κ2) is 8.51. The van der Waals surface area contributed by atoms with Gasteiger partial charge in [-0.05, 0) is 28.8 Å². The van der Waals surface area contributed by atoms with Gasteiger partial charge in [0.05, 0.1) is 0 Å². The molecule has 0 radical (unpaired) electrons. The van der Waals surface area contributed by atoms with Crippen LogP contribution in [0.3, 0.4) is 0 Å². The summed E-state index contributed by atoms with van der Waals surface area (Å²) in [6.07, 6.45) is 0. The molecule has 0 heterocycles. The van der Waals surface area contributed by atoms with Crippen molar-refractivity contribution in [2.75, 3.05) is 0 Å². The minimum atomic E-state index is -4.69. The maximum absolute atomic E-state index is 11.2. The normalized spacial score (nSPS) is 12.4. The van der Waals surface area contributed by atoms with E-state index in [0.717, 1.165) is 11.1 Å². The second-order valence-electron chi connectivity index (χ2n) is 6.47. The predicted molar refractivity (Wildman–Crippen MR) is 115 cm³/mol. The quantitative estimate of drug-likeness (QED) is 0.177. The summed E-state index contributed by atoms with van der Waals surface area (Å²) in [4.78, 5) is 22.2. The fourth-order valence-corrected chi connectivity index (χ4v) is 3.83. The molecule has 3 rings (SSSR count). The largest absolute Gasteiger partial charge is 0.524 e. The average molecular weight is 424 g/mol. The Morgan fingerprint density at radius 2 is 1.27 bits per heavy atom. The van der Waals surface area contributed by atoms with Crippen LogP contribution in [0.2, 0.25) is 0 Å². The molecule has 9 heteroatoms. The minimum absolute atomic E-state index is 0.00387. The maximum atomic E-state index is 11.2. The Bertz CT molecular complexity index is 1060. The molecule has 0 amide bonds. The number of benzene rings is 3. The zero-order chi connectivity index (χ0) is 21.8. The zero-order valence-electron chi connectivity index (χ0n) is 15.8. The van der Waals surface area contributed by atoms with Crippen LogP contribution in [0.25, 0.3) is 0 Å². The van der Waals surface area contributed by atoms with E-state index in [9.17, 15) is 4.57 Å². The molecule has 0 saturated heterocycles. The summed E-state index contributed by atoms with van der Waals surface area (Å²) in [6, 6.07) is 24.9. The topological polar surface area (TPSA) is 155 Å². The van der Waals surface area contributed by atoms with Gasteiger partial charge in [0, 0.05) is 0 Å². The van der Waals surface area contributed by atoms with E-state index in [-0.39, 0.29) is 11.6 Å². The van der Waals surface area contributed by atoms with Gasteiger partial charge in [-0.25, -0.2) is 4.57 Å². The lowest BCUT2D eigenvalue weighted by molar-refractivity contribution is 0.283. The van der Waals surface area contributed by atoms with Gasteiger partial charge in [-0.2, -0.15) is 4.99 Å². The van der Waals surface area contributed by atoms with Crippen LogP contribution in [0.1, 0.15) is 16.7 Å². The van der Waals surface area contributed by atoms with Crippen LogP contribution in [0, 0.1) is 5.41 Å². The second-order valence-corrected chi connectivity index (χ2v) is 7.63. The molecule has 0 spiro atoms. The summed E-state index contributed by atoms with van der Waals surface area (Å²) in [5.74, 6) is -0.356. The Kier molecular flexibility index (Phi) is 6.03. The van der Waals surface area contributed by atoms with Crippen molar-refractivity contribution in [3.05, 3.63) is 102 Å². The molecule has 0 atom stereocenters. The monoisotopic (exact) mass is 424 g/mol. The van der Waals surface area contributed by atoms with E-state index >= 15 is 0 Å². The summed E-state index contributed by atoms with van der Waals surface area (Å²) >= 11 is 0. The van der Waals surface area contributed by atoms with Crippen LogP contribution < -0.4 is 16.0 Å². The third-order valence-electron chi connectivity index (χ3n) is 4.55. The van der Waals surface area contributed by atoms with Crippen LogP contribution in [0.15, 0.2) is 89.9 Å². The Labute approximate surface area is 173 Å². The van der Waals surface area contributed by atoms with Gasteiger partial charge in [0.2, 0.25) is 5.96 Å². The van der Waals surface area contributed by atoms with Crippen molar-refractivity contribution >= 4 is 19.6 Å². The van der Waals surface area contributed by atoms with E-state index < -0.39 is 19.2 Å². The lowest BCUT2D eigenvalue weighted by Crippen LogP contribution is -2.44. The van der Waals surface area contributed by atoms with Gasteiger partial charge in [0.25, 0.3) is 0 Å². The van der Waals surface area contributed by atoms with Crippen molar-refractivity contribution in [2.45, 2.75) is 5.41 Å². The number of phosphoric ester groups is 1. The highest BCUT2D eigenvalue weighted by atomic mass is 31.2. The Morgan fingerprint density at radius 3 is 1.67 bits per heavy atom. The minimum Gasteiger partial charge on any atom is -0.404 e. The number of hydrogen-bond acceptors (Lipinski definition) is 3. The van der Waals surface area contributed by atoms with E-state index in [1.54, 1.807) is 12.1 Å². The molecule has 8 nitrogen and oxygen atoms in total.